The molecular weight excluding hydrogens is 277 g/mol. The lowest BCUT2D eigenvalue weighted by Gasteiger charge is -2.17. The molecule has 0 heterocycles. The van der Waals surface area contributed by atoms with Crippen LogP contribution in [0.3, 0.4) is 0 Å². The van der Waals surface area contributed by atoms with E-state index >= 15 is 0 Å². The van der Waals surface area contributed by atoms with Crippen molar-refractivity contribution in [3.63, 3.8) is 0 Å². The minimum atomic E-state index is -4.43. The fraction of sp³-hybridized carbons (Fsp3) is 0.571. The zero-order chi connectivity index (χ0) is 14.5. The van der Waals surface area contributed by atoms with Crippen molar-refractivity contribution in [3.8, 4) is 5.75 Å². The van der Waals surface area contributed by atoms with Gasteiger partial charge in [-0.25, -0.2) is 0 Å². The van der Waals surface area contributed by atoms with Gasteiger partial charge in [-0.15, -0.1) is 11.6 Å². The van der Waals surface area contributed by atoms with Gasteiger partial charge in [0.1, 0.15) is 5.75 Å². The number of halogens is 4. The van der Waals surface area contributed by atoms with Gasteiger partial charge in [0.25, 0.3) is 0 Å². The van der Waals surface area contributed by atoms with Crippen LogP contribution >= 0.6 is 11.6 Å². The van der Waals surface area contributed by atoms with Crippen molar-refractivity contribution in [2.45, 2.75) is 38.7 Å². The first-order valence-corrected chi connectivity index (χ1v) is 6.80. The van der Waals surface area contributed by atoms with Crippen LogP contribution in [0.25, 0.3) is 0 Å². The van der Waals surface area contributed by atoms with Gasteiger partial charge in [-0.3, -0.25) is 0 Å². The average Bonchev–Trinajstić information content (AvgIpc) is 2.35. The van der Waals surface area contributed by atoms with Gasteiger partial charge in [0.2, 0.25) is 0 Å². The monoisotopic (exact) mass is 294 g/mol. The lowest BCUT2D eigenvalue weighted by molar-refractivity contribution is -0.139. The van der Waals surface area contributed by atoms with Gasteiger partial charge < -0.3 is 4.74 Å². The minimum absolute atomic E-state index is 0.0512. The van der Waals surface area contributed by atoms with E-state index in [-0.39, 0.29) is 24.2 Å². The van der Waals surface area contributed by atoms with E-state index < -0.39 is 11.7 Å². The van der Waals surface area contributed by atoms with E-state index in [1.165, 1.54) is 6.07 Å². The molecule has 19 heavy (non-hydrogen) atoms. The molecule has 0 aliphatic rings. The first-order valence-electron chi connectivity index (χ1n) is 6.27. The van der Waals surface area contributed by atoms with Crippen molar-refractivity contribution >= 4 is 11.6 Å². The summed E-state index contributed by atoms with van der Waals surface area (Å²) in [5, 5.41) is 0. The average molecular weight is 295 g/mol. The lowest BCUT2D eigenvalue weighted by atomic mass is 10.1. The molecule has 108 valence electrons. The molecule has 1 rings (SSSR count). The summed E-state index contributed by atoms with van der Waals surface area (Å²) in [7, 11) is 0. The molecule has 0 fully saturated rings. The summed E-state index contributed by atoms with van der Waals surface area (Å²) in [6.45, 7) is 4.29. The van der Waals surface area contributed by atoms with E-state index in [1.807, 2.05) is 13.8 Å². The largest absolute Gasteiger partial charge is 0.493 e. The highest BCUT2D eigenvalue weighted by atomic mass is 35.5. The van der Waals surface area contributed by atoms with Crippen LogP contribution in [0, 0.1) is 5.92 Å². The molecule has 0 saturated carbocycles. The summed E-state index contributed by atoms with van der Waals surface area (Å²) in [4.78, 5) is 0. The van der Waals surface area contributed by atoms with Crippen LogP contribution in [0.2, 0.25) is 0 Å². The Kier molecular flexibility index (Phi) is 5.98. The zero-order valence-electron chi connectivity index (χ0n) is 11.1. The fourth-order valence-corrected chi connectivity index (χ4v) is 1.98. The van der Waals surface area contributed by atoms with E-state index in [2.05, 4.69) is 0 Å². The van der Waals surface area contributed by atoms with Crippen molar-refractivity contribution in [2.75, 3.05) is 6.61 Å². The molecule has 1 aromatic carbocycles. The SMILES string of the molecule is CCCC(C)COc1ccc(CCl)cc1C(F)(F)F. The van der Waals surface area contributed by atoms with Gasteiger partial charge in [0.05, 0.1) is 12.2 Å². The predicted molar refractivity (Wildman–Crippen MR) is 70.6 cm³/mol. The first kappa shape index (κ1) is 16.2. The third-order valence-corrected chi connectivity index (χ3v) is 3.12. The molecule has 0 spiro atoms. The number of hydrogen-bond donors (Lipinski definition) is 0. The predicted octanol–water partition coefficient (Wildman–Crippen LogP) is 5.26. The second kappa shape index (κ2) is 7.04. The summed E-state index contributed by atoms with van der Waals surface area (Å²) in [6, 6.07) is 3.95. The van der Waals surface area contributed by atoms with E-state index in [0.29, 0.717) is 5.56 Å². The molecule has 0 amide bonds. The van der Waals surface area contributed by atoms with Crippen LogP contribution < -0.4 is 4.74 Å². The Morgan fingerprint density at radius 1 is 1.32 bits per heavy atom. The maximum Gasteiger partial charge on any atom is 0.419 e. The molecule has 5 heteroatoms. The van der Waals surface area contributed by atoms with Crippen LogP contribution in [0.1, 0.15) is 37.8 Å². The van der Waals surface area contributed by atoms with Gasteiger partial charge in [0, 0.05) is 5.88 Å². The fourth-order valence-electron chi connectivity index (χ4n) is 1.82. The topological polar surface area (TPSA) is 9.23 Å². The highest BCUT2D eigenvalue weighted by Crippen LogP contribution is 2.37. The normalized spacial score (nSPS) is 13.4. The maximum atomic E-state index is 12.9. The number of rotatable bonds is 6. The highest BCUT2D eigenvalue weighted by Gasteiger charge is 2.34. The van der Waals surface area contributed by atoms with Gasteiger partial charge >= 0.3 is 6.18 Å². The molecule has 0 N–H and O–H groups in total. The summed E-state index contributed by atoms with van der Waals surface area (Å²) >= 11 is 5.56. The number of ether oxygens (including phenoxy) is 1. The Hall–Kier alpha value is -0.900. The zero-order valence-corrected chi connectivity index (χ0v) is 11.8. The molecule has 0 aliphatic carbocycles. The lowest BCUT2D eigenvalue weighted by Crippen LogP contribution is -2.13. The molecule has 0 radical (unpaired) electrons. The molecule has 1 aromatic rings. The Morgan fingerprint density at radius 2 is 2.00 bits per heavy atom. The first-order chi connectivity index (χ1) is 8.88. The third-order valence-electron chi connectivity index (χ3n) is 2.81. The summed E-state index contributed by atoms with van der Waals surface area (Å²) in [5.41, 5.74) is -0.322. The number of hydrogen-bond acceptors (Lipinski definition) is 1. The Labute approximate surface area is 116 Å². The third kappa shape index (κ3) is 4.94. The van der Waals surface area contributed by atoms with Crippen molar-refractivity contribution in [1.82, 2.24) is 0 Å². The minimum Gasteiger partial charge on any atom is -0.493 e. The number of benzene rings is 1. The number of alkyl halides is 4. The Bertz CT molecular complexity index is 404. The van der Waals surface area contributed by atoms with Crippen LogP contribution in [-0.2, 0) is 12.1 Å². The molecule has 0 saturated heterocycles. The second-order valence-electron chi connectivity index (χ2n) is 4.67. The molecule has 1 nitrogen and oxygen atoms in total. The van der Waals surface area contributed by atoms with E-state index in [1.54, 1.807) is 6.07 Å². The van der Waals surface area contributed by atoms with E-state index in [9.17, 15) is 13.2 Å². The highest BCUT2D eigenvalue weighted by molar-refractivity contribution is 6.17. The van der Waals surface area contributed by atoms with Crippen LogP contribution in [0.4, 0.5) is 13.2 Å². The van der Waals surface area contributed by atoms with E-state index in [4.69, 9.17) is 16.3 Å². The van der Waals surface area contributed by atoms with Gasteiger partial charge in [-0.1, -0.05) is 26.3 Å². The Balaban J connectivity index is 2.87. The molecule has 0 aromatic heterocycles. The van der Waals surface area contributed by atoms with E-state index in [0.717, 1.165) is 18.9 Å². The smallest absolute Gasteiger partial charge is 0.419 e. The summed E-state index contributed by atoms with van der Waals surface area (Å²) in [6.07, 6.45) is -2.51. The van der Waals surface area contributed by atoms with Gasteiger partial charge in [-0.05, 0) is 30.0 Å². The molecule has 1 atom stereocenters. The quantitative estimate of drug-likeness (QED) is 0.650. The van der Waals surface area contributed by atoms with Crippen molar-refractivity contribution in [1.29, 1.82) is 0 Å². The molecular formula is C14H18ClF3O. The van der Waals surface area contributed by atoms with Crippen molar-refractivity contribution in [2.24, 2.45) is 5.92 Å². The van der Waals surface area contributed by atoms with Crippen molar-refractivity contribution in [3.05, 3.63) is 29.3 Å². The molecule has 0 aliphatic heterocycles. The van der Waals surface area contributed by atoms with Crippen LogP contribution in [0.15, 0.2) is 18.2 Å². The summed E-state index contributed by atoms with van der Waals surface area (Å²) in [5.74, 6) is 0.165. The summed E-state index contributed by atoms with van der Waals surface area (Å²) < 4.78 is 44.1. The Morgan fingerprint density at radius 3 is 2.53 bits per heavy atom. The van der Waals surface area contributed by atoms with Gasteiger partial charge in [0.15, 0.2) is 0 Å². The van der Waals surface area contributed by atoms with Gasteiger partial charge in [-0.2, -0.15) is 13.2 Å². The molecule has 1 unspecified atom stereocenters. The maximum absolute atomic E-state index is 12.9. The second-order valence-corrected chi connectivity index (χ2v) is 4.93. The van der Waals surface area contributed by atoms with Crippen molar-refractivity contribution < 1.29 is 17.9 Å². The van der Waals surface area contributed by atoms with Crippen LogP contribution in [0.5, 0.6) is 5.75 Å². The van der Waals surface area contributed by atoms with Crippen LogP contribution in [-0.4, -0.2) is 6.61 Å². The molecule has 0 bridgehead atoms. The standard InChI is InChI=1S/C14H18ClF3O/c1-3-4-10(2)9-19-13-6-5-11(8-15)7-12(13)14(16,17)18/h5-7,10H,3-4,8-9H2,1-2H3.